The molecule has 1 N–H and O–H groups in total. The lowest BCUT2D eigenvalue weighted by Gasteiger charge is -2.10. The van der Waals surface area contributed by atoms with Crippen molar-refractivity contribution in [3.05, 3.63) is 36.0 Å². The van der Waals surface area contributed by atoms with Crippen molar-refractivity contribution < 1.29 is 9.53 Å². The average molecular weight is 245 g/mol. The van der Waals surface area contributed by atoms with Gasteiger partial charge in [0.15, 0.2) is 0 Å². The Morgan fingerprint density at radius 1 is 1.39 bits per heavy atom. The molecule has 3 heteroatoms. The Morgan fingerprint density at radius 2 is 2.17 bits per heavy atom. The Labute approximate surface area is 107 Å². The summed E-state index contributed by atoms with van der Waals surface area (Å²) in [6.45, 7) is 4.57. The molecule has 96 valence electrons. The van der Waals surface area contributed by atoms with Crippen LogP contribution in [0, 0.1) is 0 Å². The molecule has 0 radical (unpaired) electrons. The topological polar surface area (TPSA) is 42.1 Å². The van der Waals surface area contributed by atoms with E-state index in [-0.39, 0.29) is 11.9 Å². The van der Waals surface area contributed by atoms with Crippen molar-refractivity contribution in [2.24, 2.45) is 0 Å². The maximum Gasteiger partial charge on any atom is 0.306 e. The van der Waals surface area contributed by atoms with E-state index < -0.39 is 0 Å². The van der Waals surface area contributed by atoms with Crippen LogP contribution in [-0.2, 0) is 9.53 Å². The van der Waals surface area contributed by atoms with Gasteiger partial charge in [-0.2, -0.15) is 0 Å². The number of hydrogen-bond donors (Lipinski definition) is 1. The second-order valence-corrected chi connectivity index (χ2v) is 4.62. The molecule has 0 amide bonds. The Balaban J connectivity index is 2.09. The van der Waals surface area contributed by atoms with E-state index in [1.54, 1.807) is 0 Å². The fourth-order valence-electron chi connectivity index (χ4n) is 2.14. The molecule has 2 rings (SSSR count). The smallest absolute Gasteiger partial charge is 0.306 e. The van der Waals surface area contributed by atoms with Crippen molar-refractivity contribution in [1.29, 1.82) is 0 Å². The van der Waals surface area contributed by atoms with Gasteiger partial charge in [0.25, 0.3) is 0 Å². The second kappa shape index (κ2) is 5.71. The van der Waals surface area contributed by atoms with Crippen LogP contribution in [0.4, 0.5) is 0 Å². The number of carbonyl (C=O) groups is 1. The van der Waals surface area contributed by atoms with E-state index in [0.29, 0.717) is 13.0 Å². The average Bonchev–Trinajstić information content (AvgIpc) is 2.80. The third kappa shape index (κ3) is 2.73. The summed E-state index contributed by atoms with van der Waals surface area (Å²) >= 11 is 0. The van der Waals surface area contributed by atoms with Gasteiger partial charge in [-0.3, -0.25) is 4.79 Å². The molecule has 1 unspecified atom stereocenters. The van der Waals surface area contributed by atoms with Crippen LogP contribution < -0.4 is 0 Å². The van der Waals surface area contributed by atoms with E-state index in [0.717, 1.165) is 11.9 Å². The van der Waals surface area contributed by atoms with E-state index in [4.69, 9.17) is 4.74 Å². The molecule has 0 fully saturated rings. The van der Waals surface area contributed by atoms with Crippen molar-refractivity contribution in [2.75, 3.05) is 6.61 Å². The summed E-state index contributed by atoms with van der Waals surface area (Å²) in [5.74, 6) is 0.0557. The van der Waals surface area contributed by atoms with Gasteiger partial charge in [-0.1, -0.05) is 32.0 Å². The molecule has 1 atom stereocenters. The first-order valence-electron chi connectivity index (χ1n) is 6.44. The molecule has 18 heavy (non-hydrogen) atoms. The van der Waals surface area contributed by atoms with Gasteiger partial charge < -0.3 is 9.72 Å². The first kappa shape index (κ1) is 12.7. The molecule has 2 aromatic rings. The Kier molecular flexibility index (Phi) is 4.03. The number of para-hydroxylation sites is 1. The minimum Gasteiger partial charge on any atom is -0.466 e. The number of aromatic nitrogens is 1. The Bertz CT molecular complexity index is 530. The van der Waals surface area contributed by atoms with E-state index in [2.05, 4.69) is 18.0 Å². The highest BCUT2D eigenvalue weighted by molar-refractivity contribution is 5.84. The molecule has 3 nitrogen and oxygen atoms in total. The monoisotopic (exact) mass is 245 g/mol. The first-order chi connectivity index (χ1) is 8.72. The zero-order chi connectivity index (χ0) is 13.0. The lowest BCUT2D eigenvalue weighted by Crippen LogP contribution is -2.09. The predicted molar refractivity (Wildman–Crippen MR) is 72.6 cm³/mol. The number of esters is 1. The molecule has 0 saturated heterocycles. The molecule has 0 spiro atoms. The number of rotatable bonds is 5. The largest absolute Gasteiger partial charge is 0.466 e. The highest BCUT2D eigenvalue weighted by Gasteiger charge is 2.15. The van der Waals surface area contributed by atoms with Gasteiger partial charge in [-0.05, 0) is 24.0 Å². The number of H-pyrrole nitrogens is 1. The zero-order valence-corrected chi connectivity index (χ0v) is 10.9. The van der Waals surface area contributed by atoms with Crippen molar-refractivity contribution >= 4 is 16.9 Å². The normalized spacial score (nSPS) is 12.6. The predicted octanol–water partition coefficient (Wildman–Crippen LogP) is 3.61. The van der Waals surface area contributed by atoms with Gasteiger partial charge in [0.05, 0.1) is 13.0 Å². The van der Waals surface area contributed by atoms with Gasteiger partial charge in [0, 0.05) is 17.1 Å². The van der Waals surface area contributed by atoms with Crippen molar-refractivity contribution in [2.45, 2.75) is 32.6 Å². The fraction of sp³-hybridized carbons (Fsp3) is 0.400. The molecule has 0 saturated carbocycles. The molecule has 1 aromatic heterocycles. The quantitative estimate of drug-likeness (QED) is 0.817. The number of aromatic amines is 1. The van der Waals surface area contributed by atoms with Crippen LogP contribution in [0.15, 0.2) is 30.5 Å². The lowest BCUT2D eigenvalue weighted by atomic mass is 9.97. The molecular weight excluding hydrogens is 226 g/mol. The third-order valence-electron chi connectivity index (χ3n) is 3.09. The number of ether oxygens (including phenoxy) is 1. The first-order valence-corrected chi connectivity index (χ1v) is 6.44. The Hall–Kier alpha value is -1.77. The number of hydrogen-bond acceptors (Lipinski definition) is 2. The molecule has 0 bridgehead atoms. The second-order valence-electron chi connectivity index (χ2n) is 4.62. The summed E-state index contributed by atoms with van der Waals surface area (Å²) in [6.07, 6.45) is 3.29. The van der Waals surface area contributed by atoms with Crippen molar-refractivity contribution in [3.8, 4) is 0 Å². The summed E-state index contributed by atoms with van der Waals surface area (Å²) in [6, 6.07) is 8.14. The molecular formula is C15H19NO2. The maximum atomic E-state index is 11.6. The molecule has 0 aliphatic heterocycles. The van der Waals surface area contributed by atoms with Crippen LogP contribution in [0.5, 0.6) is 0 Å². The van der Waals surface area contributed by atoms with Gasteiger partial charge in [0.2, 0.25) is 0 Å². The zero-order valence-electron chi connectivity index (χ0n) is 10.9. The van der Waals surface area contributed by atoms with Crippen molar-refractivity contribution in [3.63, 3.8) is 0 Å². The highest BCUT2D eigenvalue weighted by atomic mass is 16.5. The van der Waals surface area contributed by atoms with Gasteiger partial charge in [0.1, 0.15) is 0 Å². The maximum absolute atomic E-state index is 11.6. The van der Waals surface area contributed by atoms with E-state index in [1.165, 1.54) is 10.9 Å². The minimum atomic E-state index is -0.116. The standard InChI is InChI=1S/C15H19NO2/c1-3-8-18-15(17)9-11(2)13-10-16-14-7-5-4-6-12(13)14/h4-7,10-11,16H,3,8-9H2,1-2H3. The number of benzene rings is 1. The van der Waals surface area contributed by atoms with E-state index in [9.17, 15) is 4.79 Å². The molecule has 0 aliphatic carbocycles. The Morgan fingerprint density at radius 3 is 2.94 bits per heavy atom. The fourth-order valence-corrected chi connectivity index (χ4v) is 2.14. The van der Waals surface area contributed by atoms with Crippen LogP contribution in [0.3, 0.4) is 0 Å². The van der Waals surface area contributed by atoms with E-state index in [1.807, 2.05) is 31.3 Å². The molecule has 0 aliphatic rings. The molecule has 1 heterocycles. The lowest BCUT2D eigenvalue weighted by molar-refractivity contribution is -0.144. The summed E-state index contributed by atoms with van der Waals surface area (Å²) in [5, 5.41) is 1.19. The van der Waals surface area contributed by atoms with Crippen molar-refractivity contribution in [1.82, 2.24) is 4.98 Å². The van der Waals surface area contributed by atoms with Crippen LogP contribution in [-0.4, -0.2) is 17.6 Å². The summed E-state index contributed by atoms with van der Waals surface area (Å²) in [4.78, 5) is 14.8. The van der Waals surface area contributed by atoms with Crippen LogP contribution in [0.2, 0.25) is 0 Å². The third-order valence-corrected chi connectivity index (χ3v) is 3.09. The number of carbonyl (C=O) groups excluding carboxylic acids is 1. The number of nitrogens with one attached hydrogen (secondary N) is 1. The summed E-state index contributed by atoms with van der Waals surface area (Å²) in [7, 11) is 0. The SMILES string of the molecule is CCCOC(=O)CC(C)c1c[nH]c2ccccc12. The van der Waals surface area contributed by atoms with Gasteiger partial charge >= 0.3 is 5.97 Å². The minimum absolute atomic E-state index is 0.116. The van der Waals surface area contributed by atoms with Gasteiger partial charge in [-0.15, -0.1) is 0 Å². The number of fused-ring (bicyclic) bond motifs is 1. The van der Waals surface area contributed by atoms with E-state index >= 15 is 0 Å². The van der Waals surface area contributed by atoms with Gasteiger partial charge in [-0.25, -0.2) is 0 Å². The highest BCUT2D eigenvalue weighted by Crippen LogP contribution is 2.27. The summed E-state index contributed by atoms with van der Waals surface area (Å²) in [5.41, 5.74) is 2.29. The van der Waals surface area contributed by atoms with Crippen LogP contribution >= 0.6 is 0 Å². The van der Waals surface area contributed by atoms with Crippen LogP contribution in [0.25, 0.3) is 10.9 Å². The molecule has 1 aromatic carbocycles. The van der Waals surface area contributed by atoms with Crippen LogP contribution in [0.1, 0.15) is 38.2 Å². The summed E-state index contributed by atoms with van der Waals surface area (Å²) < 4.78 is 5.12.